The maximum atomic E-state index is 5.30. The van der Waals surface area contributed by atoms with Gasteiger partial charge in [-0.25, -0.2) is 4.98 Å². The number of nitrogens with one attached hydrogen (secondary N) is 1. The first kappa shape index (κ1) is 16.2. The first-order valence-corrected chi connectivity index (χ1v) is 8.61. The molecule has 1 aromatic heterocycles. The fourth-order valence-corrected chi connectivity index (χ4v) is 3.07. The van der Waals surface area contributed by atoms with Gasteiger partial charge in [0.25, 0.3) is 0 Å². The molecule has 102 valence electrons. The van der Waals surface area contributed by atoms with Crippen LogP contribution in [0, 0.1) is 16.5 Å². The van der Waals surface area contributed by atoms with Gasteiger partial charge in [0.15, 0.2) is 0 Å². The van der Waals surface area contributed by atoms with Gasteiger partial charge in [0, 0.05) is 5.69 Å². The van der Waals surface area contributed by atoms with Crippen LogP contribution in [0.2, 0.25) is 0 Å². The van der Waals surface area contributed by atoms with Crippen molar-refractivity contribution in [1.82, 2.24) is 9.97 Å². The number of hydrogen-bond donors (Lipinski definition) is 1. The second-order valence-electron chi connectivity index (χ2n) is 5.29. The van der Waals surface area contributed by atoms with E-state index in [4.69, 9.17) is 12.2 Å². The summed E-state index contributed by atoms with van der Waals surface area (Å²) in [6.07, 6.45) is 0.995. The molecular weight excluding hydrogens is 328 g/mol. The van der Waals surface area contributed by atoms with E-state index < -0.39 is 0 Å². The van der Waals surface area contributed by atoms with Crippen LogP contribution in [0.4, 0.5) is 0 Å². The molecule has 0 saturated carbocycles. The molecule has 0 aliphatic carbocycles. The van der Waals surface area contributed by atoms with Crippen LogP contribution in [-0.2, 0) is 12.2 Å². The number of hydrogen-bond acceptors (Lipinski definition) is 3. The molecule has 0 radical (unpaired) electrons. The van der Waals surface area contributed by atoms with Crippen molar-refractivity contribution in [2.45, 2.75) is 39.9 Å². The van der Waals surface area contributed by atoms with Gasteiger partial charge in [0.05, 0.1) is 10.2 Å². The number of halogens is 1. The van der Waals surface area contributed by atoms with E-state index in [1.54, 1.807) is 0 Å². The predicted molar refractivity (Wildman–Crippen MR) is 86.7 cm³/mol. The topological polar surface area (TPSA) is 28.7 Å². The van der Waals surface area contributed by atoms with Gasteiger partial charge >= 0.3 is 0 Å². The van der Waals surface area contributed by atoms with E-state index in [1.807, 2.05) is 11.8 Å². The molecular formula is C13H21BrN2S2. The SMILES string of the molecule is CC(C)CSCc1nc(=S)c(Br)c(CC(C)C)[nH]1. The summed E-state index contributed by atoms with van der Waals surface area (Å²) in [6, 6.07) is 0. The smallest absolute Gasteiger partial charge is 0.144 e. The molecule has 0 fully saturated rings. The molecule has 1 heterocycles. The Morgan fingerprint density at radius 1 is 1.28 bits per heavy atom. The van der Waals surface area contributed by atoms with Crippen molar-refractivity contribution in [1.29, 1.82) is 0 Å². The van der Waals surface area contributed by atoms with Crippen molar-refractivity contribution in [3.05, 3.63) is 20.6 Å². The predicted octanol–water partition coefficient (Wildman–Crippen LogP) is 4.99. The molecule has 0 saturated heterocycles. The fraction of sp³-hybridized carbons (Fsp3) is 0.692. The molecule has 0 amide bonds. The van der Waals surface area contributed by atoms with Crippen LogP contribution in [0.3, 0.4) is 0 Å². The highest BCUT2D eigenvalue weighted by Gasteiger charge is 2.08. The minimum atomic E-state index is 0.602. The highest BCUT2D eigenvalue weighted by atomic mass is 79.9. The standard InChI is InChI=1S/C13H21BrN2S2/c1-8(2)5-10-12(14)13(17)16-11(15-10)7-18-6-9(3)4/h8-9H,5-7H2,1-4H3,(H,15,16,17). The normalized spacial score (nSPS) is 11.5. The Balaban J connectivity index is 2.80. The zero-order valence-electron chi connectivity index (χ0n) is 11.4. The van der Waals surface area contributed by atoms with Crippen molar-refractivity contribution >= 4 is 39.9 Å². The third-order valence-electron chi connectivity index (χ3n) is 2.29. The van der Waals surface area contributed by atoms with Gasteiger partial charge in [-0.15, -0.1) is 0 Å². The van der Waals surface area contributed by atoms with Gasteiger partial charge in [-0.05, 0) is 39.9 Å². The number of H-pyrrole nitrogens is 1. The summed E-state index contributed by atoms with van der Waals surface area (Å²) in [7, 11) is 0. The second kappa shape index (κ2) is 7.65. The molecule has 0 spiro atoms. The van der Waals surface area contributed by atoms with Crippen LogP contribution in [-0.4, -0.2) is 15.7 Å². The molecule has 0 aromatic carbocycles. The number of nitrogens with zero attached hydrogens (tertiary/aromatic N) is 1. The molecule has 1 rings (SSSR count). The van der Waals surface area contributed by atoms with E-state index in [-0.39, 0.29) is 0 Å². The van der Waals surface area contributed by atoms with Crippen LogP contribution in [0.1, 0.15) is 39.2 Å². The maximum Gasteiger partial charge on any atom is 0.144 e. The maximum absolute atomic E-state index is 5.30. The van der Waals surface area contributed by atoms with E-state index in [0.717, 1.165) is 28.2 Å². The largest absolute Gasteiger partial charge is 0.345 e. The molecule has 2 nitrogen and oxygen atoms in total. The van der Waals surface area contributed by atoms with Crippen molar-refractivity contribution in [3.63, 3.8) is 0 Å². The summed E-state index contributed by atoms with van der Waals surface area (Å²) in [5.41, 5.74) is 1.17. The number of aromatic amines is 1. The highest BCUT2D eigenvalue weighted by Crippen LogP contribution is 2.21. The summed E-state index contributed by atoms with van der Waals surface area (Å²) >= 11 is 10.7. The van der Waals surface area contributed by atoms with Gasteiger partial charge in [-0.3, -0.25) is 0 Å². The second-order valence-corrected chi connectivity index (χ2v) is 7.50. The molecule has 0 bridgehead atoms. The van der Waals surface area contributed by atoms with Crippen LogP contribution in [0.25, 0.3) is 0 Å². The molecule has 0 aliphatic heterocycles. The lowest BCUT2D eigenvalue weighted by Gasteiger charge is -2.11. The molecule has 1 N–H and O–H groups in total. The molecule has 18 heavy (non-hydrogen) atoms. The van der Waals surface area contributed by atoms with Crippen LogP contribution in [0.15, 0.2) is 4.47 Å². The van der Waals surface area contributed by atoms with E-state index in [2.05, 4.69) is 53.6 Å². The lowest BCUT2D eigenvalue weighted by Crippen LogP contribution is -2.04. The summed E-state index contributed by atoms with van der Waals surface area (Å²) < 4.78 is 1.62. The Hall–Kier alpha value is 0.130. The van der Waals surface area contributed by atoms with Crippen molar-refractivity contribution < 1.29 is 0 Å². The van der Waals surface area contributed by atoms with Gasteiger partial charge < -0.3 is 4.98 Å². The average molecular weight is 349 g/mol. The summed E-state index contributed by atoms with van der Waals surface area (Å²) in [5.74, 6) is 4.36. The summed E-state index contributed by atoms with van der Waals surface area (Å²) in [4.78, 5) is 7.84. The van der Waals surface area contributed by atoms with Gasteiger partial charge in [-0.2, -0.15) is 11.8 Å². The molecule has 0 aliphatic rings. The Labute approximate surface area is 128 Å². The fourth-order valence-electron chi connectivity index (χ4n) is 1.57. The van der Waals surface area contributed by atoms with Gasteiger partial charge in [0.1, 0.15) is 10.5 Å². The minimum absolute atomic E-state index is 0.602. The minimum Gasteiger partial charge on any atom is -0.345 e. The summed E-state index contributed by atoms with van der Waals surface area (Å²) in [6.45, 7) is 8.87. The average Bonchev–Trinajstić information content (AvgIpc) is 2.24. The Morgan fingerprint density at radius 3 is 2.50 bits per heavy atom. The molecule has 0 unspecified atom stereocenters. The van der Waals surface area contributed by atoms with Crippen LogP contribution in [0.5, 0.6) is 0 Å². The molecule has 1 aromatic rings. The monoisotopic (exact) mass is 348 g/mol. The third-order valence-corrected chi connectivity index (χ3v) is 5.08. The lowest BCUT2D eigenvalue weighted by atomic mass is 10.1. The van der Waals surface area contributed by atoms with Crippen LogP contribution >= 0.6 is 39.9 Å². The highest BCUT2D eigenvalue weighted by molar-refractivity contribution is 9.10. The summed E-state index contributed by atoms with van der Waals surface area (Å²) in [5, 5.41) is 0. The zero-order chi connectivity index (χ0) is 13.7. The lowest BCUT2D eigenvalue weighted by molar-refractivity contribution is 0.629. The van der Waals surface area contributed by atoms with Crippen molar-refractivity contribution in [3.8, 4) is 0 Å². The first-order chi connectivity index (χ1) is 8.40. The molecule has 5 heteroatoms. The van der Waals surface area contributed by atoms with E-state index in [1.165, 1.54) is 5.69 Å². The molecule has 0 atom stereocenters. The van der Waals surface area contributed by atoms with E-state index in [0.29, 0.717) is 16.5 Å². The number of thioether (sulfide) groups is 1. The van der Waals surface area contributed by atoms with Gasteiger partial charge in [0.2, 0.25) is 0 Å². The Kier molecular flexibility index (Phi) is 6.88. The third kappa shape index (κ3) is 5.41. The number of rotatable bonds is 6. The first-order valence-electron chi connectivity index (χ1n) is 6.25. The van der Waals surface area contributed by atoms with Crippen LogP contribution < -0.4 is 0 Å². The Morgan fingerprint density at radius 2 is 1.94 bits per heavy atom. The zero-order valence-corrected chi connectivity index (χ0v) is 14.6. The van der Waals surface area contributed by atoms with E-state index >= 15 is 0 Å². The number of aromatic nitrogens is 2. The van der Waals surface area contributed by atoms with Crippen molar-refractivity contribution in [2.24, 2.45) is 11.8 Å². The Bertz CT molecular complexity index is 441. The van der Waals surface area contributed by atoms with E-state index in [9.17, 15) is 0 Å². The quantitative estimate of drug-likeness (QED) is 0.734. The van der Waals surface area contributed by atoms with Crippen molar-refractivity contribution in [2.75, 3.05) is 5.75 Å². The van der Waals surface area contributed by atoms with Gasteiger partial charge in [-0.1, -0.05) is 39.9 Å².